The monoisotopic (exact) mass is 230 g/mol. The Morgan fingerprint density at radius 3 is 2.57 bits per heavy atom. The Labute approximate surface area is 107 Å². The van der Waals surface area contributed by atoms with Gasteiger partial charge in [-0.1, -0.05) is 19.8 Å². The fourth-order valence-corrected chi connectivity index (χ4v) is 2.73. The van der Waals surface area contributed by atoms with Crippen LogP contribution in [0.1, 0.15) is 39.0 Å². The molecule has 0 aromatic rings. The summed E-state index contributed by atoms with van der Waals surface area (Å²) in [5.74, 6) is 0.169. The molecule has 1 fully saturated rings. The number of aliphatic hydroxyl groups is 1. The summed E-state index contributed by atoms with van der Waals surface area (Å²) >= 11 is 0. The van der Waals surface area contributed by atoms with Crippen LogP contribution in [0.15, 0.2) is 0 Å². The summed E-state index contributed by atoms with van der Waals surface area (Å²) in [5.41, 5.74) is 0. The minimum absolute atomic E-state index is 0. The molecule has 1 aliphatic carbocycles. The van der Waals surface area contributed by atoms with Gasteiger partial charge in [-0.15, -0.1) is 0 Å². The largest absolute Gasteiger partial charge is 1.00 e. The predicted molar refractivity (Wildman–Crippen MR) is 46.9 cm³/mol. The standard InChI is InChI=1S/C8H16O4S.Na/c1-2-7-4-3-5-8(9,6-7)13(10,11)12;/h7,9H,2-6H2,1H3,(H,10,11,12);/q;+1/p-1. The normalized spacial score (nSPS) is 33.5. The first-order valence-electron chi connectivity index (χ1n) is 4.57. The number of hydrogen-bond acceptors (Lipinski definition) is 4. The van der Waals surface area contributed by atoms with Gasteiger partial charge in [-0.05, 0) is 25.2 Å². The van der Waals surface area contributed by atoms with Gasteiger partial charge in [0.25, 0.3) is 0 Å². The molecule has 78 valence electrons. The Morgan fingerprint density at radius 1 is 1.57 bits per heavy atom. The molecule has 4 nitrogen and oxygen atoms in total. The third-order valence-corrected chi connectivity index (χ3v) is 4.13. The average Bonchev–Trinajstić information content (AvgIpc) is 2.02. The summed E-state index contributed by atoms with van der Waals surface area (Å²) in [6.07, 6.45) is 2.55. The van der Waals surface area contributed by atoms with E-state index in [2.05, 4.69) is 0 Å². The maximum Gasteiger partial charge on any atom is 1.00 e. The second-order valence-electron chi connectivity index (χ2n) is 3.77. The van der Waals surface area contributed by atoms with Gasteiger partial charge in [-0.3, -0.25) is 0 Å². The van der Waals surface area contributed by atoms with Crippen molar-refractivity contribution in [2.24, 2.45) is 5.92 Å². The van der Waals surface area contributed by atoms with Crippen LogP contribution in [0.25, 0.3) is 0 Å². The van der Waals surface area contributed by atoms with Gasteiger partial charge in [0.05, 0.1) is 0 Å². The summed E-state index contributed by atoms with van der Waals surface area (Å²) in [5, 5.41) is 9.61. The molecule has 0 aliphatic heterocycles. The zero-order chi connectivity index (χ0) is 10.1. The van der Waals surface area contributed by atoms with Crippen molar-refractivity contribution >= 4 is 10.1 Å². The summed E-state index contributed by atoms with van der Waals surface area (Å²) in [7, 11) is -4.56. The molecule has 0 saturated heterocycles. The molecule has 14 heavy (non-hydrogen) atoms. The Hall–Kier alpha value is 0.870. The van der Waals surface area contributed by atoms with Gasteiger partial charge in [-0.25, -0.2) is 8.42 Å². The maximum atomic E-state index is 10.8. The van der Waals surface area contributed by atoms with Crippen molar-refractivity contribution < 1.29 is 47.6 Å². The number of hydrogen-bond donors (Lipinski definition) is 1. The van der Waals surface area contributed by atoms with Crippen LogP contribution in [-0.2, 0) is 10.1 Å². The van der Waals surface area contributed by atoms with E-state index < -0.39 is 15.1 Å². The van der Waals surface area contributed by atoms with Crippen molar-refractivity contribution in [3.8, 4) is 0 Å². The Bertz CT molecular complexity index is 277. The minimum Gasteiger partial charge on any atom is -0.746 e. The van der Waals surface area contributed by atoms with Gasteiger partial charge in [0, 0.05) is 0 Å². The molecule has 1 saturated carbocycles. The van der Waals surface area contributed by atoms with E-state index in [0.717, 1.165) is 12.8 Å². The fourth-order valence-electron chi connectivity index (χ4n) is 1.90. The van der Waals surface area contributed by atoms with Crippen LogP contribution in [0.2, 0.25) is 0 Å². The molecule has 0 aromatic carbocycles. The van der Waals surface area contributed by atoms with Gasteiger partial charge in [0.15, 0.2) is 4.93 Å². The molecule has 0 bridgehead atoms. The Kier molecular flexibility index (Phi) is 5.60. The average molecular weight is 230 g/mol. The molecule has 6 heteroatoms. The van der Waals surface area contributed by atoms with Crippen LogP contribution in [-0.4, -0.2) is 23.0 Å². The van der Waals surface area contributed by atoms with Crippen LogP contribution < -0.4 is 29.6 Å². The third kappa shape index (κ3) is 3.18. The van der Waals surface area contributed by atoms with Gasteiger partial charge >= 0.3 is 29.6 Å². The number of rotatable bonds is 2. The molecule has 0 amide bonds. The first kappa shape index (κ1) is 14.9. The molecule has 0 radical (unpaired) electrons. The van der Waals surface area contributed by atoms with E-state index in [1.807, 2.05) is 6.92 Å². The van der Waals surface area contributed by atoms with E-state index in [1.54, 1.807) is 0 Å². The van der Waals surface area contributed by atoms with Crippen LogP contribution in [0.5, 0.6) is 0 Å². The fraction of sp³-hybridized carbons (Fsp3) is 1.00. The second-order valence-corrected chi connectivity index (χ2v) is 5.44. The molecule has 2 atom stereocenters. The molecule has 2 unspecified atom stereocenters. The molecule has 1 rings (SSSR count). The second kappa shape index (κ2) is 5.27. The van der Waals surface area contributed by atoms with Crippen molar-refractivity contribution in [2.45, 2.75) is 44.0 Å². The van der Waals surface area contributed by atoms with E-state index >= 15 is 0 Å². The summed E-state index contributed by atoms with van der Waals surface area (Å²) in [6, 6.07) is 0. The van der Waals surface area contributed by atoms with Crippen molar-refractivity contribution in [3.63, 3.8) is 0 Å². The maximum absolute atomic E-state index is 10.8. The topological polar surface area (TPSA) is 77.4 Å². The molecule has 1 N–H and O–H groups in total. The Morgan fingerprint density at radius 2 is 2.14 bits per heavy atom. The summed E-state index contributed by atoms with van der Waals surface area (Å²) in [4.78, 5) is -1.99. The van der Waals surface area contributed by atoms with Crippen molar-refractivity contribution in [1.29, 1.82) is 0 Å². The predicted octanol–water partition coefficient (Wildman–Crippen LogP) is -2.18. The first-order chi connectivity index (χ1) is 5.89. The van der Waals surface area contributed by atoms with Crippen molar-refractivity contribution in [3.05, 3.63) is 0 Å². The SMILES string of the molecule is CCC1CCCC(O)(S(=O)(=O)[O-])C1.[Na+]. The van der Waals surface area contributed by atoms with E-state index in [0.29, 0.717) is 6.42 Å². The van der Waals surface area contributed by atoms with Gasteiger partial charge in [-0.2, -0.15) is 0 Å². The van der Waals surface area contributed by atoms with Crippen molar-refractivity contribution in [2.75, 3.05) is 0 Å². The first-order valence-corrected chi connectivity index (χ1v) is 5.97. The Balaban J connectivity index is 0.00000169. The zero-order valence-electron chi connectivity index (χ0n) is 8.69. The molecule has 1 aliphatic rings. The third-order valence-electron chi connectivity index (χ3n) is 2.83. The van der Waals surface area contributed by atoms with E-state index in [1.165, 1.54) is 0 Å². The molecular formula is C8H15NaO4S. The zero-order valence-corrected chi connectivity index (χ0v) is 11.5. The van der Waals surface area contributed by atoms with E-state index in [-0.39, 0.29) is 48.3 Å². The van der Waals surface area contributed by atoms with Gasteiger partial charge in [0.1, 0.15) is 10.1 Å². The molecule has 0 spiro atoms. The smallest absolute Gasteiger partial charge is 0.746 e. The molecule has 0 aromatic heterocycles. The van der Waals surface area contributed by atoms with Crippen LogP contribution in [0, 0.1) is 5.92 Å². The quantitative estimate of drug-likeness (QED) is 0.432. The molecule has 0 heterocycles. The van der Waals surface area contributed by atoms with Crippen LogP contribution in [0.4, 0.5) is 0 Å². The van der Waals surface area contributed by atoms with Crippen LogP contribution >= 0.6 is 0 Å². The minimum atomic E-state index is -4.56. The summed E-state index contributed by atoms with van der Waals surface area (Å²) in [6.45, 7) is 1.94. The van der Waals surface area contributed by atoms with Gasteiger partial charge < -0.3 is 9.66 Å². The van der Waals surface area contributed by atoms with Crippen molar-refractivity contribution in [1.82, 2.24) is 0 Å². The summed E-state index contributed by atoms with van der Waals surface area (Å²) < 4.78 is 32.3. The van der Waals surface area contributed by atoms with Gasteiger partial charge in [0.2, 0.25) is 0 Å². The van der Waals surface area contributed by atoms with E-state index in [4.69, 9.17) is 0 Å². The van der Waals surface area contributed by atoms with E-state index in [9.17, 15) is 18.1 Å². The molecular weight excluding hydrogens is 215 g/mol. The van der Waals surface area contributed by atoms with Crippen LogP contribution in [0.3, 0.4) is 0 Å².